The van der Waals surface area contributed by atoms with E-state index in [1.54, 1.807) is 6.33 Å². The largest absolute Gasteiger partial charge is 0.481 e. The number of rotatable bonds is 4. The third-order valence-corrected chi connectivity index (χ3v) is 3.26. The van der Waals surface area contributed by atoms with Crippen LogP contribution in [-0.2, 0) is 16.6 Å². The summed E-state index contributed by atoms with van der Waals surface area (Å²) in [6.45, 7) is 6.55. The van der Waals surface area contributed by atoms with Gasteiger partial charge >= 0.3 is 5.97 Å². The van der Waals surface area contributed by atoms with Crippen LogP contribution in [0.2, 0.25) is 0 Å². The number of carboxylic acid groups (broad SMARTS) is 1. The van der Waals surface area contributed by atoms with E-state index in [4.69, 9.17) is 5.11 Å². The Balaban J connectivity index is 2.14. The molecule has 0 fully saturated rings. The number of hydrogen-bond acceptors (Lipinski definition) is 2. The van der Waals surface area contributed by atoms with Crippen molar-refractivity contribution in [2.24, 2.45) is 0 Å². The standard InChI is InChI=1S/C16H20N2O2/c1-16(2,3)12-4-7-14(8-5-12)18-10-13(17-11-18)6-9-15(19)20/h4-5,7-8,10-11H,6,9H2,1-3H3,(H,19,20). The summed E-state index contributed by atoms with van der Waals surface area (Å²) >= 11 is 0. The molecule has 0 saturated carbocycles. The Kier molecular flexibility index (Phi) is 3.93. The predicted octanol–water partition coefficient (Wildman–Crippen LogP) is 3.19. The highest BCUT2D eigenvalue weighted by Gasteiger charge is 2.13. The van der Waals surface area contributed by atoms with Crippen LogP contribution in [0.25, 0.3) is 5.69 Å². The highest BCUT2D eigenvalue weighted by Crippen LogP contribution is 2.23. The lowest BCUT2D eigenvalue weighted by molar-refractivity contribution is -0.136. The van der Waals surface area contributed by atoms with Crippen LogP contribution in [0.5, 0.6) is 0 Å². The summed E-state index contributed by atoms with van der Waals surface area (Å²) in [5.41, 5.74) is 3.26. The molecule has 2 aromatic rings. The van der Waals surface area contributed by atoms with Crippen molar-refractivity contribution in [3.05, 3.63) is 48.0 Å². The van der Waals surface area contributed by atoms with Crippen LogP contribution in [0.1, 0.15) is 38.4 Å². The molecule has 0 unspecified atom stereocenters. The molecule has 0 aliphatic heterocycles. The van der Waals surface area contributed by atoms with Crippen molar-refractivity contribution >= 4 is 5.97 Å². The van der Waals surface area contributed by atoms with Crippen LogP contribution < -0.4 is 0 Å². The Bertz CT molecular complexity index is 592. The molecule has 2 rings (SSSR count). The van der Waals surface area contributed by atoms with Gasteiger partial charge < -0.3 is 9.67 Å². The second kappa shape index (κ2) is 5.49. The van der Waals surface area contributed by atoms with Gasteiger partial charge in [-0.15, -0.1) is 0 Å². The van der Waals surface area contributed by atoms with Gasteiger partial charge in [-0.3, -0.25) is 4.79 Å². The van der Waals surface area contributed by atoms with E-state index in [-0.39, 0.29) is 11.8 Å². The maximum Gasteiger partial charge on any atom is 0.303 e. The van der Waals surface area contributed by atoms with Gasteiger partial charge in [0.15, 0.2) is 0 Å². The second-order valence-electron chi connectivity index (χ2n) is 5.96. The summed E-state index contributed by atoms with van der Waals surface area (Å²) in [6.07, 6.45) is 4.18. The molecular formula is C16H20N2O2. The van der Waals surface area contributed by atoms with Gasteiger partial charge in [-0.05, 0) is 23.1 Å². The maximum atomic E-state index is 10.5. The van der Waals surface area contributed by atoms with Crippen molar-refractivity contribution in [3.8, 4) is 5.69 Å². The summed E-state index contributed by atoms with van der Waals surface area (Å²) in [6, 6.07) is 8.35. The normalized spacial score (nSPS) is 11.6. The molecule has 0 aliphatic carbocycles. The van der Waals surface area contributed by atoms with E-state index < -0.39 is 5.97 Å². The monoisotopic (exact) mass is 272 g/mol. The van der Waals surface area contributed by atoms with Crippen molar-refractivity contribution in [1.29, 1.82) is 0 Å². The SMILES string of the molecule is CC(C)(C)c1ccc(-n2cnc(CCC(=O)O)c2)cc1. The zero-order valence-corrected chi connectivity index (χ0v) is 12.1. The molecule has 0 spiro atoms. The lowest BCUT2D eigenvalue weighted by Gasteiger charge is -2.19. The smallest absolute Gasteiger partial charge is 0.303 e. The number of aryl methyl sites for hydroxylation is 1. The summed E-state index contributed by atoms with van der Waals surface area (Å²) in [5, 5.41) is 8.67. The number of aliphatic carboxylic acids is 1. The van der Waals surface area contributed by atoms with Crippen molar-refractivity contribution in [2.45, 2.75) is 39.0 Å². The van der Waals surface area contributed by atoms with E-state index >= 15 is 0 Å². The molecule has 1 N–H and O–H groups in total. The molecule has 4 heteroatoms. The van der Waals surface area contributed by atoms with E-state index in [2.05, 4.69) is 50.0 Å². The predicted molar refractivity (Wildman–Crippen MR) is 78.2 cm³/mol. The third-order valence-electron chi connectivity index (χ3n) is 3.26. The topological polar surface area (TPSA) is 55.1 Å². The zero-order chi connectivity index (χ0) is 14.8. The highest BCUT2D eigenvalue weighted by molar-refractivity contribution is 5.66. The van der Waals surface area contributed by atoms with Crippen LogP contribution in [0.15, 0.2) is 36.8 Å². The number of imidazole rings is 1. The maximum absolute atomic E-state index is 10.5. The van der Waals surface area contributed by atoms with Crippen LogP contribution >= 0.6 is 0 Å². The van der Waals surface area contributed by atoms with Crippen molar-refractivity contribution < 1.29 is 9.90 Å². The van der Waals surface area contributed by atoms with Gasteiger partial charge in [0.05, 0.1) is 18.4 Å². The molecule has 0 atom stereocenters. The number of aromatic nitrogens is 2. The Morgan fingerprint density at radius 1 is 1.25 bits per heavy atom. The van der Waals surface area contributed by atoms with E-state index in [0.29, 0.717) is 6.42 Å². The summed E-state index contributed by atoms with van der Waals surface area (Å²) < 4.78 is 1.92. The minimum absolute atomic E-state index is 0.111. The Labute approximate surface area is 119 Å². The molecule has 1 aromatic heterocycles. The van der Waals surface area contributed by atoms with E-state index in [0.717, 1.165) is 11.4 Å². The molecule has 4 nitrogen and oxygen atoms in total. The molecule has 1 heterocycles. The van der Waals surface area contributed by atoms with Gasteiger partial charge in [-0.2, -0.15) is 0 Å². The molecular weight excluding hydrogens is 252 g/mol. The fourth-order valence-electron chi connectivity index (χ4n) is 2.00. The average molecular weight is 272 g/mol. The van der Waals surface area contributed by atoms with E-state index in [1.165, 1.54) is 5.56 Å². The molecule has 1 aromatic carbocycles. The van der Waals surface area contributed by atoms with Crippen molar-refractivity contribution in [1.82, 2.24) is 9.55 Å². The van der Waals surface area contributed by atoms with Gasteiger partial charge in [0.1, 0.15) is 0 Å². The van der Waals surface area contributed by atoms with Gasteiger partial charge in [-0.25, -0.2) is 4.98 Å². The quantitative estimate of drug-likeness (QED) is 0.930. The Morgan fingerprint density at radius 3 is 2.45 bits per heavy atom. The van der Waals surface area contributed by atoms with Crippen LogP contribution in [0.3, 0.4) is 0 Å². The lowest BCUT2D eigenvalue weighted by Crippen LogP contribution is -2.10. The minimum atomic E-state index is -0.797. The first-order chi connectivity index (χ1) is 9.36. The summed E-state index contributed by atoms with van der Waals surface area (Å²) in [4.78, 5) is 14.8. The molecule has 106 valence electrons. The molecule has 20 heavy (non-hydrogen) atoms. The van der Waals surface area contributed by atoms with E-state index in [9.17, 15) is 4.79 Å². The molecule has 0 amide bonds. The number of carbonyl (C=O) groups is 1. The van der Waals surface area contributed by atoms with Crippen LogP contribution in [-0.4, -0.2) is 20.6 Å². The average Bonchev–Trinajstić information content (AvgIpc) is 2.84. The first-order valence-corrected chi connectivity index (χ1v) is 6.72. The van der Waals surface area contributed by atoms with E-state index in [1.807, 2.05) is 10.8 Å². The molecule has 0 radical (unpaired) electrons. The fraction of sp³-hybridized carbons (Fsp3) is 0.375. The first kappa shape index (κ1) is 14.3. The molecule has 0 aliphatic rings. The van der Waals surface area contributed by atoms with Gasteiger partial charge in [-0.1, -0.05) is 32.9 Å². The number of nitrogens with zero attached hydrogens (tertiary/aromatic N) is 2. The summed E-state index contributed by atoms with van der Waals surface area (Å²) in [5.74, 6) is -0.797. The Morgan fingerprint density at radius 2 is 1.90 bits per heavy atom. The lowest BCUT2D eigenvalue weighted by atomic mass is 9.87. The summed E-state index contributed by atoms with van der Waals surface area (Å²) in [7, 11) is 0. The number of carboxylic acids is 1. The Hall–Kier alpha value is -2.10. The van der Waals surface area contributed by atoms with Gasteiger partial charge in [0.2, 0.25) is 0 Å². The van der Waals surface area contributed by atoms with Crippen molar-refractivity contribution in [3.63, 3.8) is 0 Å². The van der Waals surface area contributed by atoms with Gasteiger partial charge in [0, 0.05) is 18.3 Å². The third kappa shape index (κ3) is 3.47. The van der Waals surface area contributed by atoms with Crippen LogP contribution in [0, 0.1) is 0 Å². The zero-order valence-electron chi connectivity index (χ0n) is 12.1. The first-order valence-electron chi connectivity index (χ1n) is 6.72. The number of hydrogen-bond donors (Lipinski definition) is 1. The van der Waals surface area contributed by atoms with Crippen LogP contribution in [0.4, 0.5) is 0 Å². The minimum Gasteiger partial charge on any atom is -0.481 e. The highest BCUT2D eigenvalue weighted by atomic mass is 16.4. The van der Waals surface area contributed by atoms with Crippen molar-refractivity contribution in [2.75, 3.05) is 0 Å². The van der Waals surface area contributed by atoms with Gasteiger partial charge in [0.25, 0.3) is 0 Å². The second-order valence-corrected chi connectivity index (χ2v) is 5.96. The fourth-order valence-corrected chi connectivity index (χ4v) is 2.00. The molecule has 0 bridgehead atoms. The number of benzene rings is 1. The molecule has 0 saturated heterocycles.